The van der Waals surface area contributed by atoms with Crippen molar-refractivity contribution in [3.63, 3.8) is 0 Å². The van der Waals surface area contributed by atoms with Crippen LogP contribution in [-0.4, -0.2) is 9.55 Å². The number of hydrogen-bond donors (Lipinski definition) is 1. The average molecular weight is 221 g/mol. The fourth-order valence-corrected chi connectivity index (χ4v) is 2.66. The molecule has 0 unspecified atom stereocenters. The molecule has 0 bridgehead atoms. The molecular weight excluding hydrogens is 198 g/mol. The molecule has 3 nitrogen and oxygen atoms in total. The Balaban J connectivity index is 1.96. The van der Waals surface area contributed by atoms with E-state index in [-0.39, 0.29) is 5.54 Å². The molecule has 1 aliphatic rings. The van der Waals surface area contributed by atoms with Crippen molar-refractivity contribution < 1.29 is 0 Å². The highest BCUT2D eigenvalue weighted by Gasteiger charge is 2.20. The molecule has 3 heteroatoms. The molecule has 2 N–H and O–H groups in total. The number of nitrogens with two attached hydrogens (primary N) is 1. The highest BCUT2D eigenvalue weighted by molar-refractivity contribution is 5.09. The lowest BCUT2D eigenvalue weighted by Crippen LogP contribution is -2.31. The molecule has 2 rings (SSSR count). The third-order valence-corrected chi connectivity index (χ3v) is 3.63. The third-order valence-electron chi connectivity index (χ3n) is 3.63. The van der Waals surface area contributed by atoms with Gasteiger partial charge in [-0.3, -0.25) is 0 Å². The SMILES string of the molecule is CC(C)(N)c1cncn1CCC1CCCC1. The monoisotopic (exact) mass is 221 g/mol. The topological polar surface area (TPSA) is 43.8 Å². The van der Waals surface area contributed by atoms with Crippen molar-refractivity contribution in [2.24, 2.45) is 11.7 Å². The van der Waals surface area contributed by atoms with Crippen LogP contribution in [-0.2, 0) is 12.1 Å². The van der Waals surface area contributed by atoms with Gasteiger partial charge in [-0.25, -0.2) is 4.98 Å². The van der Waals surface area contributed by atoms with Gasteiger partial charge in [0.2, 0.25) is 0 Å². The normalized spacial score (nSPS) is 18.2. The Bertz CT molecular complexity index is 329. The first-order valence-corrected chi connectivity index (χ1v) is 6.37. The van der Waals surface area contributed by atoms with Crippen LogP contribution in [0.15, 0.2) is 12.5 Å². The van der Waals surface area contributed by atoms with Gasteiger partial charge in [0, 0.05) is 12.7 Å². The Labute approximate surface area is 98.1 Å². The van der Waals surface area contributed by atoms with Crippen LogP contribution in [0, 0.1) is 5.92 Å². The molecule has 1 aromatic heterocycles. The Morgan fingerprint density at radius 1 is 1.44 bits per heavy atom. The van der Waals surface area contributed by atoms with Gasteiger partial charge >= 0.3 is 0 Å². The Hall–Kier alpha value is -0.830. The quantitative estimate of drug-likeness (QED) is 0.849. The van der Waals surface area contributed by atoms with Gasteiger partial charge in [0.1, 0.15) is 0 Å². The van der Waals surface area contributed by atoms with Gasteiger partial charge in [-0.1, -0.05) is 25.7 Å². The van der Waals surface area contributed by atoms with E-state index in [1.807, 2.05) is 26.4 Å². The van der Waals surface area contributed by atoms with Gasteiger partial charge in [0.15, 0.2) is 0 Å². The van der Waals surface area contributed by atoms with Crippen LogP contribution in [0.25, 0.3) is 0 Å². The first-order valence-electron chi connectivity index (χ1n) is 6.37. The van der Waals surface area contributed by atoms with Crippen LogP contribution in [0.3, 0.4) is 0 Å². The lowest BCUT2D eigenvalue weighted by atomic mass is 10.0. The zero-order valence-electron chi connectivity index (χ0n) is 10.4. The summed E-state index contributed by atoms with van der Waals surface area (Å²) in [4.78, 5) is 4.22. The number of rotatable bonds is 4. The largest absolute Gasteiger partial charge is 0.333 e. The molecule has 0 saturated heterocycles. The molecule has 0 atom stereocenters. The zero-order valence-corrected chi connectivity index (χ0v) is 10.4. The maximum Gasteiger partial charge on any atom is 0.0948 e. The van der Waals surface area contributed by atoms with Crippen molar-refractivity contribution in [1.82, 2.24) is 9.55 Å². The van der Waals surface area contributed by atoms with E-state index < -0.39 is 0 Å². The first-order chi connectivity index (χ1) is 7.57. The summed E-state index contributed by atoms with van der Waals surface area (Å²) in [6, 6.07) is 0. The van der Waals surface area contributed by atoms with E-state index >= 15 is 0 Å². The molecule has 1 aromatic rings. The molecule has 16 heavy (non-hydrogen) atoms. The highest BCUT2D eigenvalue weighted by atomic mass is 15.1. The molecule has 1 aliphatic carbocycles. The van der Waals surface area contributed by atoms with Crippen LogP contribution in [0.5, 0.6) is 0 Å². The minimum Gasteiger partial charge on any atom is -0.333 e. The fourth-order valence-electron chi connectivity index (χ4n) is 2.66. The molecule has 0 amide bonds. The van der Waals surface area contributed by atoms with Crippen molar-refractivity contribution >= 4 is 0 Å². The van der Waals surface area contributed by atoms with Crippen molar-refractivity contribution in [3.8, 4) is 0 Å². The van der Waals surface area contributed by atoms with Crippen molar-refractivity contribution in [1.29, 1.82) is 0 Å². The molecule has 1 heterocycles. The maximum absolute atomic E-state index is 6.12. The minimum atomic E-state index is -0.286. The summed E-state index contributed by atoms with van der Waals surface area (Å²) in [5, 5.41) is 0. The molecule has 0 aliphatic heterocycles. The van der Waals surface area contributed by atoms with Crippen molar-refractivity contribution in [2.45, 2.75) is 58.0 Å². The van der Waals surface area contributed by atoms with Crippen LogP contribution >= 0.6 is 0 Å². The maximum atomic E-state index is 6.12. The second-order valence-electron chi connectivity index (χ2n) is 5.63. The number of hydrogen-bond acceptors (Lipinski definition) is 2. The fraction of sp³-hybridized carbons (Fsp3) is 0.769. The summed E-state index contributed by atoms with van der Waals surface area (Å²) in [6.45, 7) is 5.15. The van der Waals surface area contributed by atoms with Gasteiger partial charge in [-0.2, -0.15) is 0 Å². The summed E-state index contributed by atoms with van der Waals surface area (Å²) >= 11 is 0. The average Bonchev–Trinajstić information content (AvgIpc) is 2.85. The Morgan fingerprint density at radius 3 is 2.75 bits per heavy atom. The molecule has 1 fully saturated rings. The van der Waals surface area contributed by atoms with Gasteiger partial charge in [0.25, 0.3) is 0 Å². The summed E-state index contributed by atoms with van der Waals surface area (Å²) < 4.78 is 2.22. The van der Waals surface area contributed by atoms with E-state index in [1.54, 1.807) is 0 Å². The molecule has 0 aromatic carbocycles. The summed E-state index contributed by atoms with van der Waals surface area (Å²) in [7, 11) is 0. The lowest BCUT2D eigenvalue weighted by Gasteiger charge is -2.21. The Kier molecular flexibility index (Phi) is 3.33. The number of imidazole rings is 1. The first kappa shape index (κ1) is 11.6. The molecule has 90 valence electrons. The van der Waals surface area contributed by atoms with Crippen LogP contribution < -0.4 is 5.73 Å². The molecule has 0 radical (unpaired) electrons. The van der Waals surface area contributed by atoms with Crippen molar-refractivity contribution in [2.75, 3.05) is 0 Å². The van der Waals surface area contributed by atoms with E-state index in [1.165, 1.54) is 32.1 Å². The summed E-state index contributed by atoms with van der Waals surface area (Å²) in [6.07, 6.45) is 10.8. The van der Waals surface area contributed by atoms with Gasteiger partial charge in [0.05, 0.1) is 17.6 Å². The molecule has 0 spiro atoms. The standard InChI is InChI=1S/C13H23N3/c1-13(2,14)12-9-15-10-16(12)8-7-11-5-3-4-6-11/h9-11H,3-8,14H2,1-2H3. The van der Waals surface area contributed by atoms with Crippen LogP contribution in [0.1, 0.15) is 51.6 Å². The number of aryl methyl sites for hydroxylation is 1. The Morgan fingerprint density at radius 2 is 2.12 bits per heavy atom. The lowest BCUT2D eigenvalue weighted by molar-refractivity contribution is 0.428. The second kappa shape index (κ2) is 4.58. The van der Waals surface area contributed by atoms with Gasteiger partial charge < -0.3 is 10.3 Å². The molecule has 1 saturated carbocycles. The van der Waals surface area contributed by atoms with E-state index in [0.29, 0.717) is 0 Å². The van der Waals surface area contributed by atoms with Crippen molar-refractivity contribution in [3.05, 3.63) is 18.2 Å². The second-order valence-corrected chi connectivity index (χ2v) is 5.63. The number of aromatic nitrogens is 2. The molecular formula is C13H23N3. The summed E-state index contributed by atoms with van der Waals surface area (Å²) in [5.74, 6) is 0.927. The predicted octanol–water partition coefficient (Wildman–Crippen LogP) is 2.66. The van der Waals surface area contributed by atoms with E-state index in [0.717, 1.165) is 18.2 Å². The zero-order chi connectivity index (χ0) is 11.6. The van der Waals surface area contributed by atoms with Crippen LogP contribution in [0.2, 0.25) is 0 Å². The van der Waals surface area contributed by atoms with Gasteiger partial charge in [-0.15, -0.1) is 0 Å². The smallest absolute Gasteiger partial charge is 0.0948 e. The highest BCUT2D eigenvalue weighted by Crippen LogP contribution is 2.28. The van der Waals surface area contributed by atoms with Crippen LogP contribution in [0.4, 0.5) is 0 Å². The predicted molar refractivity (Wildman–Crippen MR) is 66.0 cm³/mol. The minimum absolute atomic E-state index is 0.286. The van der Waals surface area contributed by atoms with E-state index in [2.05, 4.69) is 9.55 Å². The van der Waals surface area contributed by atoms with E-state index in [9.17, 15) is 0 Å². The third kappa shape index (κ3) is 2.64. The van der Waals surface area contributed by atoms with E-state index in [4.69, 9.17) is 5.73 Å². The van der Waals surface area contributed by atoms with Gasteiger partial charge in [-0.05, 0) is 26.2 Å². The number of nitrogens with zero attached hydrogens (tertiary/aromatic N) is 2. The summed E-state index contributed by atoms with van der Waals surface area (Å²) in [5.41, 5.74) is 6.98.